The average molecular weight is 409 g/mol. The lowest BCUT2D eigenvalue weighted by Gasteiger charge is -2.11. The molecule has 4 nitrogen and oxygen atoms in total. The molecule has 0 spiro atoms. The number of rotatable bonds is 2. The molecule has 0 aliphatic rings. The summed E-state index contributed by atoms with van der Waals surface area (Å²) >= 11 is 12.4. The summed E-state index contributed by atoms with van der Waals surface area (Å²) in [6.07, 6.45) is -1.90. The molecule has 0 atom stereocenters. The maximum Gasteiger partial charge on any atom is 0.418 e. The summed E-state index contributed by atoms with van der Waals surface area (Å²) < 4.78 is 40.9. The molecule has 0 radical (unpaired) electrons. The van der Waals surface area contributed by atoms with E-state index in [0.29, 0.717) is 27.6 Å². The molecule has 0 saturated heterocycles. The summed E-state index contributed by atoms with van der Waals surface area (Å²) in [5.74, 6) is 0.336. The summed E-state index contributed by atoms with van der Waals surface area (Å²) in [5, 5.41) is 0.438. The Morgan fingerprint density at radius 1 is 0.963 bits per heavy atom. The van der Waals surface area contributed by atoms with E-state index in [4.69, 9.17) is 23.4 Å². The predicted octanol–water partition coefficient (Wildman–Crippen LogP) is 5.83. The molecule has 0 amide bonds. The lowest BCUT2D eigenvalue weighted by atomic mass is 10.1. The zero-order chi connectivity index (χ0) is 19.2. The van der Waals surface area contributed by atoms with Crippen LogP contribution in [0.1, 0.15) is 5.56 Å². The van der Waals surface area contributed by atoms with Gasteiger partial charge in [-0.2, -0.15) is 13.2 Å². The molecule has 9 heteroatoms. The molecule has 136 valence electrons. The van der Waals surface area contributed by atoms with Gasteiger partial charge in [0, 0.05) is 29.7 Å². The number of pyridine rings is 2. The number of hydrogen-bond acceptors (Lipinski definition) is 3. The summed E-state index contributed by atoms with van der Waals surface area (Å²) in [6, 6.07) is 10.4. The van der Waals surface area contributed by atoms with Crippen LogP contribution in [-0.4, -0.2) is 19.0 Å². The van der Waals surface area contributed by atoms with Crippen LogP contribution in [-0.2, 0) is 6.18 Å². The fourth-order valence-electron chi connectivity index (χ4n) is 2.73. The number of benzene rings is 1. The third-order valence-electron chi connectivity index (χ3n) is 3.96. The van der Waals surface area contributed by atoms with Crippen LogP contribution in [0, 0.1) is 0 Å². The van der Waals surface area contributed by atoms with E-state index in [-0.39, 0.29) is 11.3 Å². The van der Waals surface area contributed by atoms with Crippen LogP contribution in [0.2, 0.25) is 5.02 Å². The molecule has 0 unspecified atom stereocenters. The van der Waals surface area contributed by atoms with Crippen molar-refractivity contribution in [2.24, 2.45) is 0 Å². The monoisotopic (exact) mass is 408 g/mol. The van der Waals surface area contributed by atoms with E-state index >= 15 is 0 Å². The SMILES string of the molecule is FC(F)(F)c1cccnc1-c1ccc(-c2nc3c(Cl)cccc3n2Cl)nc1. The molecule has 4 rings (SSSR count). The minimum absolute atomic E-state index is 0.188. The van der Waals surface area contributed by atoms with E-state index in [0.717, 1.165) is 6.07 Å². The number of para-hydroxylation sites is 1. The zero-order valence-electron chi connectivity index (χ0n) is 13.4. The molecule has 0 bridgehead atoms. The molecule has 27 heavy (non-hydrogen) atoms. The Hall–Kier alpha value is -2.64. The fourth-order valence-corrected chi connectivity index (χ4v) is 3.20. The molecule has 4 aromatic rings. The highest BCUT2D eigenvalue weighted by Gasteiger charge is 2.34. The van der Waals surface area contributed by atoms with Gasteiger partial charge in [-0.1, -0.05) is 17.7 Å². The van der Waals surface area contributed by atoms with E-state index in [1.807, 2.05) is 0 Å². The van der Waals surface area contributed by atoms with Crippen molar-refractivity contribution in [1.82, 2.24) is 19.0 Å². The number of imidazole rings is 1. The summed E-state index contributed by atoms with van der Waals surface area (Å²) in [7, 11) is 0. The van der Waals surface area contributed by atoms with E-state index in [9.17, 15) is 13.2 Å². The van der Waals surface area contributed by atoms with Crippen molar-refractivity contribution in [2.45, 2.75) is 6.18 Å². The quantitative estimate of drug-likeness (QED) is 0.418. The van der Waals surface area contributed by atoms with Crippen LogP contribution in [0.5, 0.6) is 0 Å². The van der Waals surface area contributed by atoms with Gasteiger partial charge in [0.15, 0.2) is 5.82 Å². The molecule has 0 fully saturated rings. The first kappa shape index (κ1) is 17.8. The fraction of sp³-hybridized carbons (Fsp3) is 0.0556. The third kappa shape index (κ3) is 3.13. The van der Waals surface area contributed by atoms with Crippen LogP contribution < -0.4 is 0 Å². The minimum Gasteiger partial charge on any atom is -0.256 e. The Balaban J connectivity index is 1.79. The molecular formula is C18H9Cl2F3N4. The van der Waals surface area contributed by atoms with Gasteiger partial charge in [-0.3, -0.25) is 9.97 Å². The van der Waals surface area contributed by atoms with Crippen LogP contribution in [0.25, 0.3) is 33.8 Å². The Labute approximate surface area is 161 Å². The topological polar surface area (TPSA) is 43.6 Å². The van der Waals surface area contributed by atoms with Gasteiger partial charge in [0.1, 0.15) is 11.2 Å². The number of hydrogen-bond donors (Lipinski definition) is 0. The van der Waals surface area contributed by atoms with Crippen LogP contribution >= 0.6 is 23.4 Å². The Morgan fingerprint density at radius 3 is 2.44 bits per heavy atom. The molecule has 0 N–H and O–H groups in total. The third-order valence-corrected chi connectivity index (χ3v) is 4.61. The Morgan fingerprint density at radius 2 is 1.78 bits per heavy atom. The maximum atomic E-state index is 13.2. The number of halogens is 5. The molecule has 1 aromatic carbocycles. The Bertz CT molecular complexity index is 1140. The standard InChI is InChI=1S/C18H9Cl2F3N4/c19-12-4-1-5-14-16(12)26-17(27(14)20)13-7-6-10(9-25-13)15-11(18(21,22)23)3-2-8-24-15/h1-9H. The number of aromatic nitrogens is 4. The molecule has 3 aromatic heterocycles. The average Bonchev–Trinajstić information content (AvgIpc) is 3.00. The van der Waals surface area contributed by atoms with Gasteiger partial charge in [-0.25, -0.2) is 9.07 Å². The van der Waals surface area contributed by atoms with Crippen molar-refractivity contribution >= 4 is 34.4 Å². The highest BCUT2D eigenvalue weighted by Crippen LogP contribution is 2.36. The van der Waals surface area contributed by atoms with Gasteiger partial charge < -0.3 is 0 Å². The van der Waals surface area contributed by atoms with Crippen molar-refractivity contribution < 1.29 is 13.2 Å². The maximum absolute atomic E-state index is 13.2. The first-order chi connectivity index (χ1) is 12.9. The first-order valence-electron chi connectivity index (χ1n) is 7.68. The second-order valence-electron chi connectivity index (χ2n) is 5.65. The lowest BCUT2D eigenvalue weighted by Crippen LogP contribution is -2.08. The highest BCUT2D eigenvalue weighted by molar-refractivity contribution is 6.35. The molecule has 3 heterocycles. The van der Waals surface area contributed by atoms with Crippen molar-refractivity contribution in [3.05, 3.63) is 65.4 Å². The minimum atomic E-state index is -4.51. The largest absolute Gasteiger partial charge is 0.418 e. The smallest absolute Gasteiger partial charge is 0.256 e. The lowest BCUT2D eigenvalue weighted by molar-refractivity contribution is -0.137. The van der Waals surface area contributed by atoms with Crippen LogP contribution in [0.4, 0.5) is 13.2 Å². The summed E-state index contributed by atoms with van der Waals surface area (Å²) in [6.45, 7) is 0. The second kappa shape index (κ2) is 6.51. The molecule has 0 aliphatic carbocycles. The number of alkyl halides is 3. The van der Waals surface area contributed by atoms with Crippen LogP contribution in [0.15, 0.2) is 54.9 Å². The summed E-state index contributed by atoms with van der Waals surface area (Å²) in [4.78, 5) is 12.5. The van der Waals surface area contributed by atoms with E-state index in [1.165, 1.54) is 34.7 Å². The molecule has 0 saturated carbocycles. The van der Waals surface area contributed by atoms with Crippen molar-refractivity contribution in [2.75, 3.05) is 0 Å². The van der Waals surface area contributed by atoms with Crippen molar-refractivity contribution in [3.63, 3.8) is 0 Å². The van der Waals surface area contributed by atoms with Crippen molar-refractivity contribution in [3.8, 4) is 22.8 Å². The van der Waals surface area contributed by atoms with E-state index in [1.54, 1.807) is 18.2 Å². The second-order valence-corrected chi connectivity index (χ2v) is 6.40. The van der Waals surface area contributed by atoms with Gasteiger partial charge in [-0.05, 0) is 36.4 Å². The summed E-state index contributed by atoms with van der Waals surface area (Å²) in [5.41, 5.74) is 0.739. The van der Waals surface area contributed by atoms with Crippen LogP contribution in [0.3, 0.4) is 0 Å². The predicted molar refractivity (Wildman–Crippen MR) is 97.5 cm³/mol. The Kier molecular flexibility index (Phi) is 4.28. The van der Waals surface area contributed by atoms with Gasteiger partial charge in [0.2, 0.25) is 0 Å². The number of nitrogens with zero attached hydrogens (tertiary/aromatic N) is 4. The zero-order valence-corrected chi connectivity index (χ0v) is 14.9. The molecule has 0 aliphatic heterocycles. The van der Waals surface area contributed by atoms with Gasteiger partial charge >= 0.3 is 6.18 Å². The normalized spacial score (nSPS) is 11.9. The van der Waals surface area contributed by atoms with Crippen molar-refractivity contribution in [1.29, 1.82) is 0 Å². The van der Waals surface area contributed by atoms with Gasteiger partial charge in [0.25, 0.3) is 0 Å². The highest BCUT2D eigenvalue weighted by atomic mass is 35.5. The number of fused-ring (bicyclic) bond motifs is 1. The van der Waals surface area contributed by atoms with E-state index < -0.39 is 11.7 Å². The van der Waals surface area contributed by atoms with Gasteiger partial charge in [0.05, 0.1) is 21.8 Å². The van der Waals surface area contributed by atoms with E-state index in [2.05, 4.69) is 15.0 Å². The molecular weight excluding hydrogens is 400 g/mol. The first-order valence-corrected chi connectivity index (χ1v) is 8.40. The van der Waals surface area contributed by atoms with Gasteiger partial charge in [-0.15, -0.1) is 0 Å².